The topological polar surface area (TPSA) is 12.0 Å². The molecule has 2 fully saturated rings. The third kappa shape index (κ3) is 3.65. The van der Waals surface area contributed by atoms with Crippen LogP contribution >= 0.6 is 15.9 Å². The van der Waals surface area contributed by atoms with E-state index in [1.54, 1.807) is 0 Å². The minimum absolute atomic E-state index is 0.762. The van der Waals surface area contributed by atoms with Gasteiger partial charge in [-0.1, -0.05) is 47.8 Å². The lowest BCUT2D eigenvalue weighted by atomic mass is 9.75. The van der Waals surface area contributed by atoms with Crippen molar-refractivity contribution in [2.75, 3.05) is 6.54 Å². The predicted octanol–water partition coefficient (Wildman–Crippen LogP) is 5.11. The van der Waals surface area contributed by atoms with Gasteiger partial charge in [0.2, 0.25) is 0 Å². The Morgan fingerprint density at radius 2 is 1.90 bits per heavy atom. The van der Waals surface area contributed by atoms with Crippen molar-refractivity contribution in [1.29, 1.82) is 0 Å². The highest BCUT2D eigenvalue weighted by Crippen LogP contribution is 2.38. The van der Waals surface area contributed by atoms with Crippen molar-refractivity contribution in [1.82, 2.24) is 5.32 Å². The first kappa shape index (κ1) is 14.6. The molecule has 0 aromatic heterocycles. The van der Waals surface area contributed by atoms with Crippen molar-refractivity contribution in [3.05, 3.63) is 34.3 Å². The average Bonchev–Trinajstić information content (AvgIpc) is 2.39. The van der Waals surface area contributed by atoms with Gasteiger partial charge in [-0.25, -0.2) is 0 Å². The number of halogens is 1. The zero-order valence-electron chi connectivity index (χ0n) is 12.4. The van der Waals surface area contributed by atoms with Gasteiger partial charge in [0.05, 0.1) is 0 Å². The van der Waals surface area contributed by atoms with E-state index in [1.807, 2.05) is 0 Å². The zero-order valence-corrected chi connectivity index (χ0v) is 14.0. The third-order valence-corrected chi connectivity index (χ3v) is 5.78. The van der Waals surface area contributed by atoms with Gasteiger partial charge in [-0.3, -0.25) is 0 Å². The Balaban J connectivity index is 1.38. The summed E-state index contributed by atoms with van der Waals surface area (Å²) in [5.74, 6) is 2.68. The summed E-state index contributed by atoms with van der Waals surface area (Å²) < 4.78 is 1.21. The number of rotatable bonds is 4. The van der Waals surface area contributed by atoms with Crippen LogP contribution in [0.4, 0.5) is 0 Å². The van der Waals surface area contributed by atoms with Crippen LogP contribution < -0.4 is 5.32 Å². The van der Waals surface area contributed by atoms with Crippen LogP contribution in [0.3, 0.4) is 0 Å². The smallest absolute Gasteiger partial charge is 0.0178 e. The Labute approximate surface area is 131 Å². The van der Waals surface area contributed by atoms with Crippen LogP contribution in [0.25, 0.3) is 0 Å². The lowest BCUT2D eigenvalue weighted by Gasteiger charge is -2.38. The van der Waals surface area contributed by atoms with Crippen LogP contribution in [-0.2, 0) is 0 Å². The molecule has 1 N–H and O–H groups in total. The number of benzene rings is 1. The van der Waals surface area contributed by atoms with E-state index < -0.39 is 0 Å². The van der Waals surface area contributed by atoms with Gasteiger partial charge in [0, 0.05) is 10.5 Å². The molecule has 110 valence electrons. The maximum atomic E-state index is 3.81. The Morgan fingerprint density at radius 3 is 2.60 bits per heavy atom. The monoisotopic (exact) mass is 335 g/mol. The maximum Gasteiger partial charge on any atom is 0.0178 e. The van der Waals surface area contributed by atoms with Crippen LogP contribution in [-0.4, -0.2) is 12.6 Å². The molecule has 2 aliphatic rings. The van der Waals surface area contributed by atoms with Crippen molar-refractivity contribution >= 4 is 15.9 Å². The fraction of sp³-hybridized carbons (Fsp3) is 0.667. The molecule has 1 aromatic rings. The molecule has 0 atom stereocenters. The highest BCUT2D eigenvalue weighted by Gasteiger charge is 2.30. The van der Waals surface area contributed by atoms with Crippen molar-refractivity contribution < 1.29 is 0 Å². The number of hydrogen-bond acceptors (Lipinski definition) is 1. The van der Waals surface area contributed by atoms with E-state index in [0.29, 0.717) is 0 Å². The molecule has 2 aliphatic carbocycles. The quantitative estimate of drug-likeness (QED) is 0.805. The third-order valence-electron chi connectivity index (χ3n) is 5.29. The second-order valence-electron chi connectivity index (χ2n) is 6.95. The van der Waals surface area contributed by atoms with Crippen molar-refractivity contribution in [3.8, 4) is 0 Å². The second kappa shape index (κ2) is 6.62. The molecule has 2 heteroatoms. The SMILES string of the molecule is CC1CCC(CNC2CC(c3cccc(Br)c3)C2)CC1. The summed E-state index contributed by atoms with van der Waals surface area (Å²) in [5.41, 5.74) is 1.50. The van der Waals surface area contributed by atoms with E-state index in [9.17, 15) is 0 Å². The molecule has 0 amide bonds. The molecule has 0 aliphatic heterocycles. The summed E-state index contributed by atoms with van der Waals surface area (Å²) in [6.07, 6.45) is 8.40. The first-order valence-corrected chi connectivity index (χ1v) is 8.99. The predicted molar refractivity (Wildman–Crippen MR) is 89.0 cm³/mol. The lowest BCUT2D eigenvalue weighted by molar-refractivity contribution is 0.236. The molecule has 3 rings (SSSR count). The first-order valence-electron chi connectivity index (χ1n) is 8.19. The van der Waals surface area contributed by atoms with Crippen LogP contribution in [0.15, 0.2) is 28.7 Å². The minimum atomic E-state index is 0.762. The van der Waals surface area contributed by atoms with Crippen LogP contribution in [0, 0.1) is 11.8 Å². The molecule has 1 aromatic carbocycles. The Kier molecular flexibility index (Phi) is 4.83. The van der Waals surface area contributed by atoms with Gasteiger partial charge in [-0.2, -0.15) is 0 Å². The zero-order chi connectivity index (χ0) is 13.9. The van der Waals surface area contributed by atoms with Crippen LogP contribution in [0.1, 0.15) is 56.9 Å². The summed E-state index contributed by atoms with van der Waals surface area (Å²) in [4.78, 5) is 0. The van der Waals surface area contributed by atoms with E-state index in [4.69, 9.17) is 0 Å². The highest BCUT2D eigenvalue weighted by atomic mass is 79.9. The summed E-state index contributed by atoms with van der Waals surface area (Å²) in [7, 11) is 0. The van der Waals surface area contributed by atoms with E-state index in [1.165, 1.54) is 55.1 Å². The molecule has 0 bridgehead atoms. The molecular weight excluding hydrogens is 310 g/mol. The van der Waals surface area contributed by atoms with Crippen molar-refractivity contribution in [2.24, 2.45) is 11.8 Å². The maximum absolute atomic E-state index is 3.81. The first-order chi connectivity index (χ1) is 9.70. The van der Waals surface area contributed by atoms with Gasteiger partial charge in [0.15, 0.2) is 0 Å². The Bertz CT molecular complexity index is 431. The molecule has 1 nitrogen and oxygen atoms in total. The molecule has 0 unspecified atom stereocenters. The molecule has 2 saturated carbocycles. The number of hydrogen-bond donors (Lipinski definition) is 1. The second-order valence-corrected chi connectivity index (χ2v) is 7.87. The molecular formula is C18H26BrN. The van der Waals surface area contributed by atoms with Gasteiger partial charge < -0.3 is 5.32 Å². The summed E-state index contributed by atoms with van der Waals surface area (Å²) in [6, 6.07) is 9.58. The lowest BCUT2D eigenvalue weighted by Crippen LogP contribution is -2.42. The van der Waals surface area contributed by atoms with E-state index >= 15 is 0 Å². The summed E-state index contributed by atoms with van der Waals surface area (Å²) in [6.45, 7) is 3.65. The standard InChI is InChI=1S/C18H26BrN/c1-13-5-7-14(8-6-13)12-20-18-10-16(11-18)15-3-2-4-17(19)9-15/h2-4,9,13-14,16,18,20H,5-8,10-12H2,1H3. The molecule has 0 saturated heterocycles. The number of nitrogens with one attached hydrogen (secondary N) is 1. The van der Waals surface area contributed by atoms with Crippen molar-refractivity contribution in [2.45, 2.75) is 57.4 Å². The largest absolute Gasteiger partial charge is 0.314 e. The minimum Gasteiger partial charge on any atom is -0.314 e. The fourth-order valence-corrected chi connectivity index (χ4v) is 4.10. The average molecular weight is 336 g/mol. The van der Waals surface area contributed by atoms with Gasteiger partial charge >= 0.3 is 0 Å². The Hall–Kier alpha value is -0.340. The summed E-state index contributed by atoms with van der Waals surface area (Å²) >= 11 is 3.57. The molecule has 20 heavy (non-hydrogen) atoms. The van der Waals surface area contributed by atoms with E-state index in [-0.39, 0.29) is 0 Å². The van der Waals surface area contributed by atoms with Gasteiger partial charge in [0.1, 0.15) is 0 Å². The Morgan fingerprint density at radius 1 is 1.15 bits per heavy atom. The van der Waals surface area contributed by atoms with Gasteiger partial charge in [-0.15, -0.1) is 0 Å². The van der Waals surface area contributed by atoms with E-state index in [2.05, 4.69) is 52.4 Å². The normalized spacial score (nSPS) is 33.7. The highest BCUT2D eigenvalue weighted by molar-refractivity contribution is 9.10. The van der Waals surface area contributed by atoms with Crippen molar-refractivity contribution in [3.63, 3.8) is 0 Å². The summed E-state index contributed by atoms with van der Waals surface area (Å²) in [5, 5.41) is 3.81. The molecule has 0 spiro atoms. The van der Waals surface area contributed by atoms with Crippen LogP contribution in [0.5, 0.6) is 0 Å². The fourth-order valence-electron chi connectivity index (χ4n) is 3.68. The molecule has 0 heterocycles. The van der Waals surface area contributed by atoms with Crippen LogP contribution in [0.2, 0.25) is 0 Å². The molecule has 0 radical (unpaired) electrons. The van der Waals surface area contributed by atoms with Gasteiger partial charge in [0.25, 0.3) is 0 Å². The van der Waals surface area contributed by atoms with Gasteiger partial charge in [-0.05, 0) is 67.7 Å². The van der Waals surface area contributed by atoms with E-state index in [0.717, 1.165) is 23.8 Å².